The lowest BCUT2D eigenvalue weighted by Gasteiger charge is -2.11. The maximum absolute atomic E-state index is 12.2. The van der Waals surface area contributed by atoms with E-state index in [0.29, 0.717) is 23.8 Å². The predicted molar refractivity (Wildman–Crippen MR) is 118 cm³/mol. The van der Waals surface area contributed by atoms with E-state index in [0.717, 1.165) is 30.6 Å². The van der Waals surface area contributed by atoms with Crippen LogP contribution in [-0.4, -0.2) is 25.7 Å². The van der Waals surface area contributed by atoms with Gasteiger partial charge in [-0.2, -0.15) is 0 Å². The Labute approximate surface area is 173 Å². The minimum absolute atomic E-state index is 0.114. The fourth-order valence-electron chi connectivity index (χ4n) is 2.69. The molecule has 0 radical (unpaired) electrons. The molecule has 0 heterocycles. The van der Waals surface area contributed by atoms with Crippen LogP contribution in [0, 0.1) is 0 Å². The van der Waals surface area contributed by atoms with E-state index in [2.05, 4.69) is 12.2 Å². The molecule has 0 aliphatic rings. The molecule has 0 bridgehead atoms. The fraction of sp³-hybridized carbons (Fsp3) is 0.375. The molecule has 5 heteroatoms. The number of carbonyl (C=O) groups is 1. The largest absolute Gasteiger partial charge is 0.493 e. The predicted octanol–water partition coefficient (Wildman–Crippen LogP) is 5.70. The maximum atomic E-state index is 12.2. The van der Waals surface area contributed by atoms with Crippen molar-refractivity contribution in [1.82, 2.24) is 0 Å². The number of hydrogen-bond donors (Lipinski definition) is 1. The average Bonchev–Trinajstić information content (AvgIpc) is 2.71. The molecule has 0 aliphatic heterocycles. The Morgan fingerprint density at radius 1 is 1.07 bits per heavy atom. The van der Waals surface area contributed by atoms with Gasteiger partial charge in [-0.15, -0.1) is 0 Å². The summed E-state index contributed by atoms with van der Waals surface area (Å²) in [7, 11) is 1.61. The van der Waals surface area contributed by atoms with Crippen LogP contribution in [0.3, 0.4) is 0 Å². The van der Waals surface area contributed by atoms with Gasteiger partial charge in [-0.25, -0.2) is 0 Å². The molecule has 2 rings (SSSR count). The van der Waals surface area contributed by atoms with Crippen LogP contribution in [0.25, 0.3) is 6.08 Å². The van der Waals surface area contributed by atoms with Crippen molar-refractivity contribution in [2.45, 2.75) is 46.1 Å². The van der Waals surface area contributed by atoms with Crippen LogP contribution in [0.1, 0.15) is 45.6 Å². The van der Waals surface area contributed by atoms with Crippen molar-refractivity contribution in [2.24, 2.45) is 0 Å². The number of ether oxygens (including phenoxy) is 3. The van der Waals surface area contributed by atoms with Crippen LogP contribution in [0.2, 0.25) is 0 Å². The zero-order valence-corrected chi connectivity index (χ0v) is 17.7. The van der Waals surface area contributed by atoms with Crippen molar-refractivity contribution in [3.8, 4) is 17.2 Å². The van der Waals surface area contributed by atoms with Gasteiger partial charge in [0.1, 0.15) is 5.75 Å². The second-order valence-electron chi connectivity index (χ2n) is 6.98. The minimum Gasteiger partial charge on any atom is -0.493 e. The highest BCUT2D eigenvalue weighted by Crippen LogP contribution is 2.28. The molecule has 0 unspecified atom stereocenters. The summed E-state index contributed by atoms with van der Waals surface area (Å²) in [6.07, 6.45) is 6.67. The molecule has 1 N–H and O–H groups in total. The normalized spacial score (nSPS) is 10.9. The Balaban J connectivity index is 1.93. The molecule has 0 atom stereocenters. The van der Waals surface area contributed by atoms with Gasteiger partial charge in [0.15, 0.2) is 11.5 Å². The summed E-state index contributed by atoms with van der Waals surface area (Å²) >= 11 is 0. The van der Waals surface area contributed by atoms with E-state index in [1.54, 1.807) is 13.2 Å². The van der Waals surface area contributed by atoms with Crippen LogP contribution in [0.5, 0.6) is 17.2 Å². The van der Waals surface area contributed by atoms with Gasteiger partial charge in [0.05, 0.1) is 19.8 Å². The first-order valence-electron chi connectivity index (χ1n) is 10.1. The highest BCUT2D eigenvalue weighted by atomic mass is 16.5. The zero-order valence-electron chi connectivity index (χ0n) is 17.7. The van der Waals surface area contributed by atoms with Gasteiger partial charge >= 0.3 is 0 Å². The second-order valence-corrected chi connectivity index (χ2v) is 6.98. The Kier molecular flexibility index (Phi) is 9.09. The molecule has 5 nitrogen and oxygen atoms in total. The van der Waals surface area contributed by atoms with Crippen molar-refractivity contribution in [2.75, 3.05) is 19.0 Å². The number of rotatable bonds is 11. The van der Waals surface area contributed by atoms with Crippen LogP contribution < -0.4 is 19.5 Å². The molecule has 0 aromatic heterocycles. The van der Waals surface area contributed by atoms with Gasteiger partial charge < -0.3 is 19.5 Å². The summed E-state index contributed by atoms with van der Waals surface area (Å²) in [5.41, 5.74) is 1.57. The standard InChI is InChI=1S/C24H31NO4/c1-5-6-7-16-28-22-14-8-19(17-23(22)27-4)9-15-24(26)25-20-10-12-21(13-11-20)29-18(2)3/h8-15,17-18H,5-7,16H2,1-4H3,(H,25,26). The molecule has 0 fully saturated rings. The van der Waals surface area contributed by atoms with E-state index in [9.17, 15) is 4.79 Å². The molecule has 156 valence electrons. The zero-order chi connectivity index (χ0) is 21.1. The van der Waals surface area contributed by atoms with Crippen molar-refractivity contribution < 1.29 is 19.0 Å². The SMILES string of the molecule is CCCCCOc1ccc(C=CC(=O)Nc2ccc(OC(C)C)cc2)cc1OC. The third kappa shape index (κ3) is 7.90. The molecule has 0 spiro atoms. The molecule has 0 aliphatic carbocycles. The third-order valence-electron chi connectivity index (χ3n) is 4.11. The average molecular weight is 398 g/mol. The van der Waals surface area contributed by atoms with Crippen molar-refractivity contribution in [3.63, 3.8) is 0 Å². The number of amides is 1. The molecule has 0 saturated heterocycles. The lowest BCUT2D eigenvalue weighted by Crippen LogP contribution is -2.08. The summed E-state index contributed by atoms with van der Waals surface area (Å²) in [6, 6.07) is 12.9. The quantitative estimate of drug-likeness (QED) is 0.390. The van der Waals surface area contributed by atoms with E-state index >= 15 is 0 Å². The van der Waals surface area contributed by atoms with E-state index in [1.165, 1.54) is 6.08 Å². The van der Waals surface area contributed by atoms with Crippen LogP contribution >= 0.6 is 0 Å². The number of unbranched alkanes of at least 4 members (excludes halogenated alkanes) is 2. The lowest BCUT2D eigenvalue weighted by molar-refractivity contribution is -0.111. The summed E-state index contributed by atoms with van der Waals surface area (Å²) < 4.78 is 16.8. The minimum atomic E-state index is -0.207. The van der Waals surface area contributed by atoms with Gasteiger partial charge in [0.2, 0.25) is 5.91 Å². The van der Waals surface area contributed by atoms with Crippen molar-refractivity contribution in [3.05, 3.63) is 54.1 Å². The lowest BCUT2D eigenvalue weighted by atomic mass is 10.2. The Morgan fingerprint density at radius 2 is 1.83 bits per heavy atom. The Hall–Kier alpha value is -2.95. The number of benzene rings is 2. The van der Waals surface area contributed by atoms with Crippen molar-refractivity contribution in [1.29, 1.82) is 0 Å². The number of hydrogen-bond acceptors (Lipinski definition) is 4. The van der Waals surface area contributed by atoms with Gasteiger partial charge in [-0.1, -0.05) is 25.8 Å². The molecule has 2 aromatic carbocycles. The molecular weight excluding hydrogens is 366 g/mol. The first-order chi connectivity index (χ1) is 14.0. The van der Waals surface area contributed by atoms with E-state index in [4.69, 9.17) is 14.2 Å². The first-order valence-corrected chi connectivity index (χ1v) is 10.1. The molecule has 1 amide bonds. The van der Waals surface area contributed by atoms with Crippen LogP contribution in [0.4, 0.5) is 5.69 Å². The monoisotopic (exact) mass is 397 g/mol. The second kappa shape index (κ2) is 11.8. The third-order valence-corrected chi connectivity index (χ3v) is 4.11. The topological polar surface area (TPSA) is 56.8 Å². The fourth-order valence-corrected chi connectivity index (χ4v) is 2.69. The number of anilines is 1. The van der Waals surface area contributed by atoms with Gasteiger partial charge in [-0.05, 0) is 68.3 Å². The van der Waals surface area contributed by atoms with E-state index in [-0.39, 0.29) is 12.0 Å². The molecule has 2 aromatic rings. The van der Waals surface area contributed by atoms with E-state index < -0.39 is 0 Å². The summed E-state index contributed by atoms with van der Waals surface area (Å²) in [5, 5.41) is 2.84. The van der Waals surface area contributed by atoms with Crippen LogP contribution in [0.15, 0.2) is 48.5 Å². The number of carbonyl (C=O) groups excluding carboxylic acids is 1. The molecule has 0 saturated carbocycles. The highest BCUT2D eigenvalue weighted by Gasteiger charge is 2.05. The van der Waals surface area contributed by atoms with Gasteiger partial charge in [0, 0.05) is 11.8 Å². The maximum Gasteiger partial charge on any atom is 0.248 e. The first kappa shape index (κ1) is 22.3. The molecule has 29 heavy (non-hydrogen) atoms. The summed E-state index contributed by atoms with van der Waals surface area (Å²) in [6.45, 7) is 6.78. The van der Waals surface area contributed by atoms with Crippen LogP contribution in [-0.2, 0) is 4.79 Å². The smallest absolute Gasteiger partial charge is 0.248 e. The van der Waals surface area contributed by atoms with Gasteiger partial charge in [-0.3, -0.25) is 4.79 Å². The van der Waals surface area contributed by atoms with Gasteiger partial charge in [0.25, 0.3) is 0 Å². The summed E-state index contributed by atoms with van der Waals surface area (Å²) in [5.74, 6) is 1.94. The van der Waals surface area contributed by atoms with E-state index in [1.807, 2.05) is 56.3 Å². The van der Waals surface area contributed by atoms with Crippen molar-refractivity contribution >= 4 is 17.7 Å². The number of methoxy groups -OCH3 is 1. The Bertz CT molecular complexity index is 797. The number of nitrogens with one attached hydrogen (secondary N) is 1. The Morgan fingerprint density at radius 3 is 2.48 bits per heavy atom. The molecular formula is C24H31NO4. The highest BCUT2D eigenvalue weighted by molar-refractivity contribution is 6.01. The summed E-state index contributed by atoms with van der Waals surface area (Å²) in [4.78, 5) is 12.2.